The largest absolute Gasteiger partial charge is 0.452 e. The molecule has 1 heterocycles. The lowest BCUT2D eigenvalue weighted by molar-refractivity contribution is 0.137. The Balaban J connectivity index is 2.69. The molecule has 1 atom stereocenters. The predicted octanol–water partition coefficient (Wildman–Crippen LogP) is 2.31. The molecule has 1 unspecified atom stereocenters. The van der Waals surface area contributed by atoms with Crippen LogP contribution in [0.5, 0.6) is 0 Å². The Labute approximate surface area is 90.4 Å². The molecule has 1 rings (SSSR count). The molecule has 15 heavy (non-hydrogen) atoms. The zero-order valence-electron chi connectivity index (χ0n) is 9.06. The Bertz CT molecular complexity index is 333. The summed E-state index contributed by atoms with van der Waals surface area (Å²) in [4.78, 5) is 12.8. The van der Waals surface area contributed by atoms with E-state index in [0.717, 1.165) is 12.8 Å². The lowest BCUT2D eigenvalue weighted by Gasteiger charge is -2.22. The van der Waals surface area contributed by atoms with E-state index >= 15 is 0 Å². The molecule has 0 bridgehead atoms. The van der Waals surface area contributed by atoms with Gasteiger partial charge in [0, 0.05) is 12.6 Å². The molecule has 1 amide bonds. The van der Waals surface area contributed by atoms with Crippen molar-refractivity contribution in [2.45, 2.75) is 25.8 Å². The highest BCUT2D eigenvalue weighted by atomic mass is 16.5. The number of nitrogens with zero attached hydrogens (tertiary/aromatic N) is 1. The minimum Gasteiger partial charge on any atom is -0.452 e. The molecule has 0 saturated heterocycles. The van der Waals surface area contributed by atoms with Gasteiger partial charge in [-0.05, 0) is 18.6 Å². The number of allylic oxidation sites excluding steroid dienone is 2. The van der Waals surface area contributed by atoms with Crippen molar-refractivity contribution in [3.63, 3.8) is 0 Å². The smallest absolute Gasteiger partial charge is 0.414 e. The van der Waals surface area contributed by atoms with Gasteiger partial charge in [0.05, 0.1) is 7.11 Å². The number of rotatable bonds is 1. The Morgan fingerprint density at radius 2 is 2.33 bits per heavy atom. The van der Waals surface area contributed by atoms with Gasteiger partial charge in [0.2, 0.25) is 0 Å². The number of hydrogen-bond acceptors (Lipinski definition) is 2. The zero-order valence-corrected chi connectivity index (χ0v) is 9.06. The summed E-state index contributed by atoms with van der Waals surface area (Å²) in [6.45, 7) is 2.07. The monoisotopic (exact) mass is 205 g/mol. The summed E-state index contributed by atoms with van der Waals surface area (Å²) in [7, 11) is 1.37. The number of hydrogen-bond donors (Lipinski definition) is 0. The zero-order chi connectivity index (χ0) is 11.1. The summed E-state index contributed by atoms with van der Waals surface area (Å²) in [5.41, 5.74) is 0. The summed E-state index contributed by atoms with van der Waals surface area (Å²) >= 11 is 0. The van der Waals surface area contributed by atoms with E-state index in [1.54, 1.807) is 12.3 Å². The van der Waals surface area contributed by atoms with E-state index in [2.05, 4.69) is 23.5 Å². The van der Waals surface area contributed by atoms with Crippen molar-refractivity contribution in [2.75, 3.05) is 7.11 Å². The van der Waals surface area contributed by atoms with Gasteiger partial charge in [-0.1, -0.05) is 18.9 Å². The molecule has 3 heteroatoms. The minimum atomic E-state index is -0.383. The standard InChI is InChI=1S/C12H15NO2/c1-3-4-5-8-11-9-6-7-10-13(11)12(14)15-2/h6-7,9-11H,3-4H2,1-2H3. The van der Waals surface area contributed by atoms with Crippen molar-refractivity contribution in [1.29, 1.82) is 0 Å². The fourth-order valence-electron chi connectivity index (χ4n) is 1.20. The van der Waals surface area contributed by atoms with Gasteiger partial charge in [0.15, 0.2) is 0 Å². The Kier molecular flexibility index (Phi) is 4.49. The topological polar surface area (TPSA) is 29.5 Å². The maximum Gasteiger partial charge on any atom is 0.414 e. The van der Waals surface area contributed by atoms with Gasteiger partial charge >= 0.3 is 6.09 Å². The van der Waals surface area contributed by atoms with E-state index in [0.29, 0.717) is 0 Å². The lowest BCUT2D eigenvalue weighted by atomic mass is 10.2. The molecular weight excluding hydrogens is 190 g/mol. The lowest BCUT2D eigenvalue weighted by Crippen LogP contribution is -2.35. The number of amides is 1. The summed E-state index contributed by atoms with van der Waals surface area (Å²) in [6, 6.07) is -0.200. The first-order valence-corrected chi connectivity index (χ1v) is 4.99. The summed E-state index contributed by atoms with van der Waals surface area (Å²) in [6.07, 6.45) is 8.71. The van der Waals surface area contributed by atoms with Crippen molar-refractivity contribution in [3.05, 3.63) is 24.4 Å². The van der Waals surface area contributed by atoms with E-state index < -0.39 is 0 Å². The van der Waals surface area contributed by atoms with Crippen molar-refractivity contribution in [1.82, 2.24) is 4.90 Å². The fraction of sp³-hybridized carbons (Fsp3) is 0.417. The summed E-state index contributed by atoms with van der Waals surface area (Å²) < 4.78 is 4.66. The van der Waals surface area contributed by atoms with Crippen LogP contribution in [0.2, 0.25) is 0 Å². The molecule has 1 aliphatic heterocycles. The van der Waals surface area contributed by atoms with E-state index in [9.17, 15) is 4.79 Å². The quantitative estimate of drug-likeness (QED) is 0.615. The fourth-order valence-corrected chi connectivity index (χ4v) is 1.20. The normalized spacial score (nSPS) is 18.3. The molecule has 0 saturated carbocycles. The highest BCUT2D eigenvalue weighted by Gasteiger charge is 2.19. The second-order valence-electron chi connectivity index (χ2n) is 3.12. The van der Waals surface area contributed by atoms with Gasteiger partial charge in [0.25, 0.3) is 0 Å². The second kappa shape index (κ2) is 5.92. The Morgan fingerprint density at radius 3 is 3.00 bits per heavy atom. The molecule has 0 fully saturated rings. The molecule has 1 aliphatic rings. The first kappa shape index (κ1) is 11.4. The van der Waals surface area contributed by atoms with Gasteiger partial charge < -0.3 is 4.74 Å². The number of carbonyl (C=O) groups excluding carboxylic acids is 1. The summed E-state index contributed by atoms with van der Waals surface area (Å²) in [5.74, 6) is 6.05. The number of carbonyl (C=O) groups is 1. The first-order chi connectivity index (χ1) is 7.29. The summed E-state index contributed by atoms with van der Waals surface area (Å²) in [5, 5.41) is 0. The molecule has 0 aromatic rings. The average molecular weight is 205 g/mol. The van der Waals surface area contributed by atoms with E-state index in [-0.39, 0.29) is 12.1 Å². The third-order valence-electron chi connectivity index (χ3n) is 1.96. The average Bonchev–Trinajstić information content (AvgIpc) is 2.29. The number of unbranched alkanes of at least 4 members (excludes halogenated alkanes) is 1. The predicted molar refractivity (Wildman–Crippen MR) is 59.0 cm³/mol. The molecular formula is C12H15NO2. The van der Waals surface area contributed by atoms with Crippen LogP contribution in [0.4, 0.5) is 4.79 Å². The highest BCUT2D eigenvalue weighted by molar-refractivity contribution is 5.70. The van der Waals surface area contributed by atoms with Crippen LogP contribution in [0, 0.1) is 11.8 Å². The molecule has 80 valence electrons. The van der Waals surface area contributed by atoms with Gasteiger partial charge in [-0.25, -0.2) is 4.79 Å². The van der Waals surface area contributed by atoms with Crippen molar-refractivity contribution < 1.29 is 9.53 Å². The highest BCUT2D eigenvalue weighted by Crippen LogP contribution is 2.09. The van der Waals surface area contributed by atoms with Gasteiger partial charge in [-0.15, -0.1) is 5.92 Å². The second-order valence-corrected chi connectivity index (χ2v) is 3.12. The van der Waals surface area contributed by atoms with E-state index in [4.69, 9.17) is 0 Å². The van der Waals surface area contributed by atoms with E-state index in [1.165, 1.54) is 12.0 Å². The first-order valence-electron chi connectivity index (χ1n) is 4.99. The van der Waals surface area contributed by atoms with Crippen LogP contribution >= 0.6 is 0 Å². The molecule has 0 spiro atoms. The molecule has 3 nitrogen and oxygen atoms in total. The maximum atomic E-state index is 11.4. The molecule has 0 radical (unpaired) electrons. The van der Waals surface area contributed by atoms with Crippen LogP contribution in [0.25, 0.3) is 0 Å². The van der Waals surface area contributed by atoms with Crippen molar-refractivity contribution in [3.8, 4) is 11.8 Å². The van der Waals surface area contributed by atoms with Crippen LogP contribution in [-0.2, 0) is 4.74 Å². The molecule has 0 aromatic heterocycles. The SMILES string of the molecule is CCCC#CC1C=CC=CN1C(=O)OC. The van der Waals surface area contributed by atoms with Crippen molar-refractivity contribution in [2.24, 2.45) is 0 Å². The van der Waals surface area contributed by atoms with Crippen LogP contribution in [-0.4, -0.2) is 24.1 Å². The third-order valence-corrected chi connectivity index (χ3v) is 1.96. The minimum absolute atomic E-state index is 0.200. The van der Waals surface area contributed by atoms with Crippen LogP contribution in [0.15, 0.2) is 24.4 Å². The Hall–Kier alpha value is -1.69. The molecule has 0 N–H and O–H groups in total. The van der Waals surface area contributed by atoms with Crippen molar-refractivity contribution >= 4 is 6.09 Å². The molecule has 0 aromatic carbocycles. The third kappa shape index (κ3) is 3.17. The Morgan fingerprint density at radius 1 is 1.53 bits per heavy atom. The van der Waals surface area contributed by atoms with Gasteiger partial charge in [-0.2, -0.15) is 0 Å². The van der Waals surface area contributed by atoms with E-state index in [1.807, 2.05) is 12.2 Å². The van der Waals surface area contributed by atoms with Gasteiger partial charge in [0.1, 0.15) is 6.04 Å². The van der Waals surface area contributed by atoms with Gasteiger partial charge in [-0.3, -0.25) is 4.90 Å². The van der Waals surface area contributed by atoms with Crippen LogP contribution < -0.4 is 0 Å². The number of methoxy groups -OCH3 is 1. The number of ether oxygens (including phenoxy) is 1. The maximum absolute atomic E-state index is 11.4. The van der Waals surface area contributed by atoms with Crippen LogP contribution in [0.1, 0.15) is 19.8 Å². The van der Waals surface area contributed by atoms with Crippen LogP contribution in [0.3, 0.4) is 0 Å². The molecule has 0 aliphatic carbocycles.